The zero-order chi connectivity index (χ0) is 25.5. The molecular weight excluding hydrogens is 490 g/mol. The summed E-state index contributed by atoms with van der Waals surface area (Å²) in [5, 5.41) is 0. The molecule has 2 aromatic rings. The van der Waals surface area contributed by atoms with Gasteiger partial charge in [0.1, 0.15) is 11.3 Å². The smallest absolute Gasteiger partial charge is 0.410 e. The van der Waals surface area contributed by atoms with Gasteiger partial charge < -0.3 is 19.1 Å². The summed E-state index contributed by atoms with van der Waals surface area (Å²) in [7, 11) is 0.0349. The summed E-state index contributed by atoms with van der Waals surface area (Å²) in [6, 6.07) is 6.22. The maximum atomic E-state index is 15.1. The van der Waals surface area contributed by atoms with Crippen molar-refractivity contribution >= 4 is 28.1 Å². The zero-order valence-corrected chi connectivity index (χ0v) is 19.7. The van der Waals surface area contributed by atoms with E-state index < -0.39 is 45.3 Å². The van der Waals surface area contributed by atoms with Crippen LogP contribution in [0.3, 0.4) is 0 Å². The van der Waals surface area contributed by atoms with Gasteiger partial charge in [0.15, 0.2) is 17.4 Å². The van der Waals surface area contributed by atoms with Gasteiger partial charge in [-0.1, -0.05) is 12.1 Å². The van der Waals surface area contributed by atoms with Crippen molar-refractivity contribution in [3.05, 3.63) is 53.1 Å². The van der Waals surface area contributed by atoms with E-state index in [1.807, 2.05) is 4.72 Å². The fraction of sp³-hybridized carbons (Fsp3) is 0.333. The molecule has 0 radical (unpaired) electrons. The number of halogens is 2. The number of nitrogens with zero attached hydrogens (tertiary/aromatic N) is 2. The minimum Gasteiger partial charge on any atom is -0.410 e. The SMILES string of the molecule is CNS(=O)(=O)Nc1cccc(CN2C(=O)Oc3cc(OC(=O)N(C)C)c(F)cc3C23COC3)c1F. The molecule has 2 aliphatic heterocycles. The molecule has 2 aliphatic rings. The molecule has 0 unspecified atom stereocenters. The van der Waals surface area contributed by atoms with Crippen LogP contribution in [-0.4, -0.2) is 64.8 Å². The molecule has 0 aliphatic carbocycles. The van der Waals surface area contributed by atoms with E-state index in [1.54, 1.807) is 0 Å². The van der Waals surface area contributed by atoms with Crippen molar-refractivity contribution in [2.45, 2.75) is 12.1 Å². The number of carbonyl (C=O) groups excluding carboxylic acids is 2. The van der Waals surface area contributed by atoms with Crippen molar-refractivity contribution in [3.63, 3.8) is 0 Å². The van der Waals surface area contributed by atoms with E-state index in [9.17, 15) is 22.4 Å². The summed E-state index contributed by atoms with van der Waals surface area (Å²) >= 11 is 0. The van der Waals surface area contributed by atoms with Crippen LogP contribution in [-0.2, 0) is 27.0 Å². The number of hydrogen-bond donors (Lipinski definition) is 2. The summed E-state index contributed by atoms with van der Waals surface area (Å²) in [5.41, 5.74) is -1.23. The first-order chi connectivity index (χ1) is 16.5. The Bertz CT molecular complexity index is 1300. The molecule has 0 saturated carbocycles. The van der Waals surface area contributed by atoms with E-state index in [0.717, 1.165) is 24.1 Å². The van der Waals surface area contributed by atoms with E-state index >= 15 is 4.39 Å². The molecule has 2 amide bonds. The average Bonchev–Trinajstić information content (AvgIpc) is 2.76. The van der Waals surface area contributed by atoms with Crippen LogP contribution in [0.15, 0.2) is 30.3 Å². The van der Waals surface area contributed by atoms with Crippen molar-refractivity contribution in [2.24, 2.45) is 0 Å². The summed E-state index contributed by atoms with van der Waals surface area (Å²) in [6.45, 7) is -0.348. The van der Waals surface area contributed by atoms with Crippen LogP contribution in [0.2, 0.25) is 0 Å². The van der Waals surface area contributed by atoms with Gasteiger partial charge in [-0.05, 0) is 12.1 Å². The highest BCUT2D eigenvalue weighted by Crippen LogP contribution is 2.47. The Kier molecular flexibility index (Phi) is 6.29. The topological polar surface area (TPSA) is 127 Å². The normalized spacial score (nSPS) is 16.3. The predicted molar refractivity (Wildman–Crippen MR) is 118 cm³/mol. The van der Waals surface area contributed by atoms with Gasteiger partial charge >= 0.3 is 12.2 Å². The third-order valence-corrected chi connectivity index (χ3v) is 6.66. The average molecular weight is 512 g/mol. The number of nitrogens with one attached hydrogen (secondary N) is 2. The van der Waals surface area contributed by atoms with Gasteiger partial charge in [0, 0.05) is 38.3 Å². The third-order valence-electron chi connectivity index (χ3n) is 5.63. The van der Waals surface area contributed by atoms with Crippen LogP contribution in [0.1, 0.15) is 11.1 Å². The molecule has 4 rings (SSSR count). The van der Waals surface area contributed by atoms with Gasteiger partial charge in [-0.25, -0.2) is 23.1 Å². The lowest BCUT2D eigenvalue weighted by Crippen LogP contribution is -2.63. The molecule has 188 valence electrons. The fourth-order valence-corrected chi connectivity index (χ4v) is 4.23. The Morgan fingerprint density at radius 3 is 2.57 bits per heavy atom. The number of fused-ring (bicyclic) bond motifs is 2. The highest BCUT2D eigenvalue weighted by molar-refractivity contribution is 7.90. The fourth-order valence-electron chi connectivity index (χ4n) is 3.69. The Morgan fingerprint density at radius 2 is 1.97 bits per heavy atom. The van der Waals surface area contributed by atoms with Crippen LogP contribution in [0.5, 0.6) is 11.5 Å². The molecule has 1 fully saturated rings. The van der Waals surface area contributed by atoms with E-state index in [4.69, 9.17) is 14.2 Å². The van der Waals surface area contributed by atoms with Crippen molar-refractivity contribution in [3.8, 4) is 11.5 Å². The highest BCUT2D eigenvalue weighted by atomic mass is 32.2. The summed E-state index contributed by atoms with van der Waals surface area (Å²) in [4.78, 5) is 27.1. The number of carbonyl (C=O) groups is 2. The van der Waals surface area contributed by atoms with Crippen LogP contribution in [0.25, 0.3) is 0 Å². The number of ether oxygens (including phenoxy) is 3. The molecule has 0 aromatic heterocycles. The summed E-state index contributed by atoms with van der Waals surface area (Å²) in [6.07, 6.45) is -1.68. The number of hydrogen-bond acceptors (Lipinski definition) is 7. The standard InChI is InChI=1S/C21H22F2N4O7S/c1-24-35(30,31)25-15-6-4-5-12(18(15)23)9-27-20(29)33-16-8-17(34-19(28)26(2)3)14(22)7-13(16)21(27)10-32-11-21/h4-8,24-25H,9-11H2,1-3H3. The van der Waals surface area contributed by atoms with Gasteiger partial charge in [0.2, 0.25) is 0 Å². The first-order valence-corrected chi connectivity index (χ1v) is 11.7. The van der Waals surface area contributed by atoms with Gasteiger partial charge in [0.25, 0.3) is 10.2 Å². The van der Waals surface area contributed by atoms with Gasteiger partial charge in [-0.15, -0.1) is 0 Å². The first kappa shape index (κ1) is 24.6. The summed E-state index contributed by atoms with van der Waals surface area (Å²) < 4.78 is 73.3. The first-order valence-electron chi connectivity index (χ1n) is 10.3. The predicted octanol–water partition coefficient (Wildman–Crippen LogP) is 2.14. The van der Waals surface area contributed by atoms with Crippen molar-refractivity contribution in [1.82, 2.24) is 14.5 Å². The van der Waals surface area contributed by atoms with Gasteiger partial charge in [-0.3, -0.25) is 9.62 Å². The number of benzene rings is 2. The van der Waals surface area contributed by atoms with E-state index in [2.05, 4.69) is 4.72 Å². The van der Waals surface area contributed by atoms with Crippen LogP contribution in [0, 0.1) is 11.6 Å². The number of anilines is 1. The maximum Gasteiger partial charge on any atom is 0.416 e. The lowest BCUT2D eigenvalue weighted by molar-refractivity contribution is -0.143. The highest BCUT2D eigenvalue weighted by Gasteiger charge is 2.54. The largest absolute Gasteiger partial charge is 0.416 e. The van der Waals surface area contributed by atoms with E-state index in [0.29, 0.717) is 0 Å². The third kappa shape index (κ3) is 4.47. The minimum absolute atomic E-state index is 0.00927. The van der Waals surface area contributed by atoms with Crippen LogP contribution in [0.4, 0.5) is 24.1 Å². The van der Waals surface area contributed by atoms with Crippen molar-refractivity contribution in [2.75, 3.05) is 39.1 Å². The molecular formula is C21H22F2N4O7S. The number of amides is 2. The van der Waals surface area contributed by atoms with Gasteiger partial charge in [-0.2, -0.15) is 8.42 Å². The molecule has 35 heavy (non-hydrogen) atoms. The molecule has 2 aromatic carbocycles. The number of rotatable bonds is 6. The molecule has 2 N–H and O–H groups in total. The van der Waals surface area contributed by atoms with Crippen molar-refractivity contribution < 1.29 is 41.0 Å². The molecule has 2 heterocycles. The monoisotopic (exact) mass is 512 g/mol. The Morgan fingerprint density at radius 1 is 1.26 bits per heavy atom. The van der Waals surface area contributed by atoms with E-state index in [-0.39, 0.29) is 42.3 Å². The van der Waals surface area contributed by atoms with Crippen LogP contribution >= 0.6 is 0 Å². The lowest BCUT2D eigenvalue weighted by Gasteiger charge is -2.51. The Balaban J connectivity index is 1.68. The maximum absolute atomic E-state index is 15.1. The zero-order valence-electron chi connectivity index (χ0n) is 18.9. The van der Waals surface area contributed by atoms with Gasteiger partial charge in [0.05, 0.1) is 25.4 Å². The lowest BCUT2D eigenvalue weighted by atomic mass is 9.84. The molecule has 14 heteroatoms. The minimum atomic E-state index is -3.98. The second kappa shape index (κ2) is 8.94. The Labute approximate surface area is 199 Å². The van der Waals surface area contributed by atoms with E-state index in [1.165, 1.54) is 37.2 Å². The summed E-state index contributed by atoms with van der Waals surface area (Å²) in [5.74, 6) is -2.20. The Hall–Kier alpha value is -3.49. The van der Waals surface area contributed by atoms with Crippen molar-refractivity contribution in [1.29, 1.82) is 0 Å². The molecule has 11 nitrogen and oxygen atoms in total. The molecule has 1 saturated heterocycles. The second-order valence-electron chi connectivity index (χ2n) is 8.11. The molecule has 0 bridgehead atoms. The molecule has 1 spiro atoms. The molecule has 0 atom stereocenters. The quantitative estimate of drug-likeness (QED) is 0.607. The van der Waals surface area contributed by atoms with Crippen LogP contribution < -0.4 is 18.9 Å². The second-order valence-corrected chi connectivity index (χ2v) is 9.73.